The van der Waals surface area contributed by atoms with Crippen LogP contribution >= 0.6 is 0 Å². The van der Waals surface area contributed by atoms with Gasteiger partial charge in [0.15, 0.2) is 0 Å². The minimum atomic E-state index is -3.67. The van der Waals surface area contributed by atoms with Crippen LogP contribution in [0.4, 0.5) is 4.39 Å². The molecular formula is C11H16FNO4S. The van der Waals surface area contributed by atoms with E-state index in [2.05, 4.69) is 4.72 Å². The van der Waals surface area contributed by atoms with Crippen LogP contribution in [-0.2, 0) is 21.4 Å². The van der Waals surface area contributed by atoms with Crippen LogP contribution in [0.15, 0.2) is 23.1 Å². The fourth-order valence-corrected chi connectivity index (χ4v) is 2.47. The number of halogens is 1. The maximum Gasteiger partial charge on any atom is 0.240 e. The number of methoxy groups -OCH3 is 1. The van der Waals surface area contributed by atoms with Crippen LogP contribution in [0.2, 0.25) is 0 Å². The third kappa shape index (κ3) is 4.02. The highest BCUT2D eigenvalue weighted by atomic mass is 32.2. The number of ether oxygens (including phenoxy) is 1. The normalized spacial score (nSPS) is 11.7. The van der Waals surface area contributed by atoms with Gasteiger partial charge in [-0.05, 0) is 24.6 Å². The molecule has 1 aromatic carbocycles. The molecule has 0 saturated heterocycles. The van der Waals surface area contributed by atoms with Gasteiger partial charge in [-0.25, -0.2) is 17.5 Å². The number of hydrogen-bond acceptors (Lipinski definition) is 4. The highest BCUT2D eigenvalue weighted by Crippen LogP contribution is 2.15. The number of nitrogens with one attached hydrogen (secondary N) is 1. The highest BCUT2D eigenvalue weighted by Gasteiger charge is 2.15. The zero-order valence-electron chi connectivity index (χ0n) is 10.0. The van der Waals surface area contributed by atoms with Crippen molar-refractivity contribution in [1.29, 1.82) is 0 Å². The van der Waals surface area contributed by atoms with Crippen molar-refractivity contribution in [3.05, 3.63) is 29.6 Å². The van der Waals surface area contributed by atoms with Crippen LogP contribution in [-0.4, -0.2) is 33.8 Å². The standard InChI is InChI=1S/C11H16FNO4S/c1-17-6-2-5-13-18(15,16)10-3-4-11(12)9(7-10)8-14/h3-4,7,13-14H,2,5-6,8H2,1H3. The molecule has 0 aliphatic heterocycles. The zero-order valence-corrected chi connectivity index (χ0v) is 10.8. The summed E-state index contributed by atoms with van der Waals surface area (Å²) in [6, 6.07) is 3.30. The summed E-state index contributed by atoms with van der Waals surface area (Å²) >= 11 is 0. The molecule has 1 rings (SSSR count). The van der Waals surface area contributed by atoms with Crippen molar-refractivity contribution in [2.45, 2.75) is 17.9 Å². The van der Waals surface area contributed by atoms with Crippen molar-refractivity contribution < 1.29 is 22.7 Å². The van der Waals surface area contributed by atoms with Crippen molar-refractivity contribution in [2.75, 3.05) is 20.3 Å². The van der Waals surface area contributed by atoms with Crippen LogP contribution in [0.25, 0.3) is 0 Å². The van der Waals surface area contributed by atoms with E-state index in [1.54, 1.807) is 0 Å². The van der Waals surface area contributed by atoms with Gasteiger partial charge in [-0.3, -0.25) is 0 Å². The lowest BCUT2D eigenvalue weighted by atomic mass is 10.2. The van der Waals surface area contributed by atoms with E-state index in [-0.39, 0.29) is 17.0 Å². The van der Waals surface area contributed by atoms with Gasteiger partial charge in [-0.15, -0.1) is 0 Å². The van der Waals surface area contributed by atoms with Gasteiger partial charge in [0.2, 0.25) is 10.0 Å². The molecule has 102 valence electrons. The maximum atomic E-state index is 13.1. The monoisotopic (exact) mass is 277 g/mol. The highest BCUT2D eigenvalue weighted by molar-refractivity contribution is 7.89. The molecular weight excluding hydrogens is 261 g/mol. The Morgan fingerprint density at radius 3 is 2.78 bits per heavy atom. The van der Waals surface area contributed by atoms with Gasteiger partial charge in [0.25, 0.3) is 0 Å². The van der Waals surface area contributed by atoms with Crippen LogP contribution in [0.5, 0.6) is 0 Å². The predicted molar refractivity (Wildman–Crippen MR) is 64.0 cm³/mol. The second-order valence-electron chi connectivity index (χ2n) is 3.66. The van der Waals surface area contributed by atoms with Crippen LogP contribution < -0.4 is 4.72 Å². The van der Waals surface area contributed by atoms with E-state index >= 15 is 0 Å². The van der Waals surface area contributed by atoms with E-state index in [4.69, 9.17) is 9.84 Å². The SMILES string of the molecule is COCCCNS(=O)(=O)c1ccc(F)c(CO)c1. The smallest absolute Gasteiger partial charge is 0.240 e. The molecule has 0 radical (unpaired) electrons. The molecule has 0 bridgehead atoms. The molecule has 18 heavy (non-hydrogen) atoms. The minimum Gasteiger partial charge on any atom is -0.392 e. The summed E-state index contributed by atoms with van der Waals surface area (Å²) in [7, 11) is -2.14. The van der Waals surface area contributed by atoms with Gasteiger partial charge in [0, 0.05) is 25.8 Å². The quantitative estimate of drug-likeness (QED) is 0.717. The first-order valence-electron chi connectivity index (χ1n) is 5.39. The molecule has 0 heterocycles. The lowest BCUT2D eigenvalue weighted by Gasteiger charge is -2.08. The Morgan fingerprint density at radius 2 is 2.17 bits per heavy atom. The summed E-state index contributed by atoms with van der Waals surface area (Å²) in [5.74, 6) is -0.629. The largest absolute Gasteiger partial charge is 0.392 e. The van der Waals surface area contributed by atoms with Crippen molar-refractivity contribution in [3.8, 4) is 0 Å². The number of hydrogen-bond donors (Lipinski definition) is 2. The Hall–Kier alpha value is -1.02. The first-order chi connectivity index (χ1) is 8.51. The summed E-state index contributed by atoms with van der Waals surface area (Å²) in [5.41, 5.74) is -0.0465. The van der Waals surface area contributed by atoms with Gasteiger partial charge in [0.1, 0.15) is 5.82 Å². The van der Waals surface area contributed by atoms with E-state index in [1.165, 1.54) is 7.11 Å². The average molecular weight is 277 g/mol. The van der Waals surface area contributed by atoms with E-state index in [0.29, 0.717) is 13.0 Å². The molecule has 0 spiro atoms. The Morgan fingerprint density at radius 1 is 1.44 bits per heavy atom. The molecule has 0 aliphatic rings. The second kappa shape index (κ2) is 6.79. The molecule has 0 saturated carbocycles. The lowest BCUT2D eigenvalue weighted by molar-refractivity contribution is 0.196. The summed E-state index contributed by atoms with van der Waals surface area (Å²) < 4.78 is 43.9. The maximum absolute atomic E-state index is 13.1. The van der Waals surface area contributed by atoms with Gasteiger partial charge < -0.3 is 9.84 Å². The van der Waals surface area contributed by atoms with Crippen LogP contribution in [0.1, 0.15) is 12.0 Å². The summed E-state index contributed by atoms with van der Waals surface area (Å²) in [4.78, 5) is -0.0645. The number of aliphatic hydroxyl groups excluding tert-OH is 1. The molecule has 0 aliphatic carbocycles. The van der Waals surface area contributed by atoms with Crippen molar-refractivity contribution in [3.63, 3.8) is 0 Å². The Balaban J connectivity index is 2.78. The van der Waals surface area contributed by atoms with E-state index in [0.717, 1.165) is 18.2 Å². The van der Waals surface area contributed by atoms with E-state index in [1.807, 2.05) is 0 Å². The van der Waals surface area contributed by atoms with Gasteiger partial charge in [-0.1, -0.05) is 0 Å². The van der Waals surface area contributed by atoms with Crippen molar-refractivity contribution >= 4 is 10.0 Å². The Labute approximate surface area is 106 Å². The zero-order chi connectivity index (χ0) is 13.6. The predicted octanol–water partition coefficient (Wildman–Crippen LogP) is 0.633. The van der Waals surface area contributed by atoms with Crippen molar-refractivity contribution in [1.82, 2.24) is 4.72 Å². The minimum absolute atomic E-state index is 0.0465. The third-order valence-electron chi connectivity index (χ3n) is 2.32. The number of sulfonamides is 1. The number of aliphatic hydroxyl groups is 1. The van der Waals surface area contributed by atoms with Crippen molar-refractivity contribution in [2.24, 2.45) is 0 Å². The summed E-state index contributed by atoms with van der Waals surface area (Å²) in [5, 5.41) is 8.88. The average Bonchev–Trinajstić information content (AvgIpc) is 2.35. The number of benzene rings is 1. The van der Waals surface area contributed by atoms with Gasteiger partial charge in [-0.2, -0.15) is 0 Å². The summed E-state index contributed by atoms with van der Waals surface area (Å²) in [6.07, 6.45) is 0.545. The molecule has 2 N–H and O–H groups in total. The van der Waals surface area contributed by atoms with Gasteiger partial charge >= 0.3 is 0 Å². The van der Waals surface area contributed by atoms with Crippen LogP contribution in [0.3, 0.4) is 0 Å². The first-order valence-corrected chi connectivity index (χ1v) is 6.87. The molecule has 1 aromatic rings. The molecule has 0 atom stereocenters. The topological polar surface area (TPSA) is 75.6 Å². The fourth-order valence-electron chi connectivity index (χ4n) is 1.35. The second-order valence-corrected chi connectivity index (χ2v) is 5.42. The fraction of sp³-hybridized carbons (Fsp3) is 0.455. The lowest BCUT2D eigenvalue weighted by Crippen LogP contribution is -2.25. The molecule has 0 fully saturated rings. The summed E-state index contributed by atoms with van der Waals surface area (Å²) in [6.45, 7) is 0.148. The van der Waals surface area contributed by atoms with E-state index < -0.39 is 22.4 Å². The molecule has 0 unspecified atom stereocenters. The van der Waals surface area contributed by atoms with E-state index in [9.17, 15) is 12.8 Å². The molecule has 7 heteroatoms. The molecule has 0 aromatic heterocycles. The van der Waals surface area contributed by atoms with Gasteiger partial charge in [0.05, 0.1) is 11.5 Å². The third-order valence-corrected chi connectivity index (χ3v) is 3.77. The number of rotatable bonds is 7. The molecule has 0 amide bonds. The van der Waals surface area contributed by atoms with Crippen LogP contribution in [0, 0.1) is 5.82 Å². The first kappa shape index (κ1) is 15.0. The Bertz CT molecular complexity index is 490. The Kier molecular flexibility index (Phi) is 5.67. The molecule has 5 nitrogen and oxygen atoms in total.